The molecule has 3 heteroatoms. The first-order chi connectivity index (χ1) is 6.57. The van der Waals surface area contributed by atoms with Crippen molar-refractivity contribution >= 4 is 5.84 Å². The van der Waals surface area contributed by atoms with Crippen molar-refractivity contribution in [3.63, 3.8) is 0 Å². The third-order valence-electron chi connectivity index (χ3n) is 2.90. The summed E-state index contributed by atoms with van der Waals surface area (Å²) in [5.74, 6) is 1.20. The van der Waals surface area contributed by atoms with Gasteiger partial charge in [-0.05, 0) is 11.0 Å². The molecule has 0 unspecified atom stereocenters. The van der Waals surface area contributed by atoms with E-state index in [0.29, 0.717) is 0 Å². The number of hydrogen-bond acceptors (Lipinski definition) is 3. The average Bonchev–Trinajstić information content (AvgIpc) is 2.16. The molecule has 0 saturated carbocycles. The van der Waals surface area contributed by atoms with Crippen molar-refractivity contribution in [2.45, 2.75) is 20.8 Å². The molecular formula is C11H19N3. The summed E-state index contributed by atoms with van der Waals surface area (Å²) in [6.45, 7) is 10.9. The van der Waals surface area contributed by atoms with E-state index in [1.807, 2.05) is 0 Å². The largest absolute Gasteiger partial charge is 0.354 e. The van der Waals surface area contributed by atoms with Gasteiger partial charge < -0.3 is 10.2 Å². The van der Waals surface area contributed by atoms with Gasteiger partial charge >= 0.3 is 0 Å². The third-order valence-corrected chi connectivity index (χ3v) is 2.90. The predicted octanol–water partition coefficient (Wildman–Crippen LogP) is 1.23. The first-order valence-electron chi connectivity index (χ1n) is 5.29. The summed E-state index contributed by atoms with van der Waals surface area (Å²) in [5, 5.41) is 3.34. The summed E-state index contributed by atoms with van der Waals surface area (Å²) in [6.07, 6.45) is 2.05. The molecule has 2 rings (SSSR count). The molecule has 0 radical (unpaired) electrons. The molecule has 0 aromatic rings. The van der Waals surface area contributed by atoms with Crippen LogP contribution in [-0.4, -0.2) is 36.9 Å². The van der Waals surface area contributed by atoms with E-state index < -0.39 is 0 Å². The quantitative estimate of drug-likeness (QED) is 0.626. The number of piperazine rings is 1. The van der Waals surface area contributed by atoms with Crippen LogP contribution in [0.15, 0.2) is 16.8 Å². The molecule has 0 aromatic carbocycles. The van der Waals surface area contributed by atoms with Gasteiger partial charge in [-0.15, -0.1) is 0 Å². The molecule has 0 aromatic heterocycles. The summed E-state index contributed by atoms with van der Waals surface area (Å²) in [4.78, 5) is 6.90. The highest BCUT2D eigenvalue weighted by molar-refractivity contribution is 5.86. The number of nitrogens with one attached hydrogen (secondary N) is 1. The summed E-state index contributed by atoms with van der Waals surface area (Å²) >= 11 is 0. The predicted molar refractivity (Wildman–Crippen MR) is 59.4 cm³/mol. The normalized spacial score (nSPS) is 22.6. The molecule has 0 spiro atoms. The lowest BCUT2D eigenvalue weighted by Crippen LogP contribution is -2.50. The molecule has 2 aliphatic heterocycles. The van der Waals surface area contributed by atoms with Crippen LogP contribution in [-0.2, 0) is 0 Å². The van der Waals surface area contributed by atoms with Crippen LogP contribution in [0.5, 0.6) is 0 Å². The standard InChI is InChI=1S/C11H19N3/c1-11(2,3)9-6-13-10-7-12-4-5-14(10)8-9/h6,12H,4-5,7-8H2,1-3H3. The van der Waals surface area contributed by atoms with Gasteiger partial charge in [0.2, 0.25) is 0 Å². The second-order valence-electron chi connectivity index (χ2n) is 5.05. The van der Waals surface area contributed by atoms with Crippen molar-refractivity contribution in [1.29, 1.82) is 0 Å². The van der Waals surface area contributed by atoms with Crippen LogP contribution in [0.4, 0.5) is 0 Å². The molecule has 0 bridgehead atoms. The maximum absolute atomic E-state index is 4.52. The van der Waals surface area contributed by atoms with Crippen molar-refractivity contribution in [3.05, 3.63) is 11.8 Å². The van der Waals surface area contributed by atoms with Crippen LogP contribution >= 0.6 is 0 Å². The number of hydrogen-bond donors (Lipinski definition) is 1. The van der Waals surface area contributed by atoms with E-state index in [9.17, 15) is 0 Å². The Labute approximate surface area is 85.9 Å². The van der Waals surface area contributed by atoms with Gasteiger partial charge in [0.25, 0.3) is 0 Å². The second-order valence-corrected chi connectivity index (χ2v) is 5.05. The molecule has 1 fully saturated rings. The Bertz CT molecular complexity index is 283. The summed E-state index contributed by atoms with van der Waals surface area (Å²) < 4.78 is 0. The van der Waals surface area contributed by atoms with E-state index in [0.717, 1.165) is 26.2 Å². The summed E-state index contributed by atoms with van der Waals surface area (Å²) in [5.41, 5.74) is 1.68. The van der Waals surface area contributed by atoms with Gasteiger partial charge in [0, 0.05) is 25.8 Å². The van der Waals surface area contributed by atoms with Crippen LogP contribution in [0, 0.1) is 5.41 Å². The van der Waals surface area contributed by atoms with Crippen LogP contribution < -0.4 is 5.32 Å². The van der Waals surface area contributed by atoms with Gasteiger partial charge in [-0.3, -0.25) is 0 Å². The third kappa shape index (κ3) is 1.82. The van der Waals surface area contributed by atoms with Crippen LogP contribution in [0.25, 0.3) is 0 Å². The molecule has 0 aliphatic carbocycles. The highest BCUT2D eigenvalue weighted by Crippen LogP contribution is 2.28. The molecule has 0 atom stereocenters. The Morgan fingerprint density at radius 1 is 1.43 bits per heavy atom. The van der Waals surface area contributed by atoms with Crippen molar-refractivity contribution < 1.29 is 0 Å². The highest BCUT2D eigenvalue weighted by atomic mass is 15.2. The van der Waals surface area contributed by atoms with E-state index >= 15 is 0 Å². The smallest absolute Gasteiger partial charge is 0.118 e. The Hall–Kier alpha value is -0.830. The lowest BCUT2D eigenvalue weighted by atomic mass is 9.86. The zero-order valence-corrected chi connectivity index (χ0v) is 9.30. The lowest BCUT2D eigenvalue weighted by Gasteiger charge is -2.37. The molecule has 3 nitrogen and oxygen atoms in total. The molecular weight excluding hydrogens is 174 g/mol. The fraction of sp³-hybridized carbons (Fsp3) is 0.727. The number of aliphatic imine (C=N–C) groups is 1. The molecule has 2 aliphatic rings. The monoisotopic (exact) mass is 193 g/mol. The Morgan fingerprint density at radius 3 is 2.93 bits per heavy atom. The van der Waals surface area contributed by atoms with E-state index in [1.54, 1.807) is 0 Å². The minimum absolute atomic E-state index is 0.250. The van der Waals surface area contributed by atoms with E-state index in [2.05, 4.69) is 42.2 Å². The number of fused-ring (bicyclic) bond motifs is 1. The fourth-order valence-electron chi connectivity index (χ4n) is 1.78. The maximum Gasteiger partial charge on any atom is 0.118 e. The zero-order chi connectivity index (χ0) is 10.2. The van der Waals surface area contributed by atoms with Gasteiger partial charge in [-0.2, -0.15) is 0 Å². The number of nitrogens with zero attached hydrogens (tertiary/aromatic N) is 2. The number of amidine groups is 1. The first-order valence-corrected chi connectivity index (χ1v) is 5.29. The summed E-state index contributed by atoms with van der Waals surface area (Å²) in [7, 11) is 0. The van der Waals surface area contributed by atoms with E-state index in [1.165, 1.54) is 11.4 Å². The van der Waals surface area contributed by atoms with E-state index in [4.69, 9.17) is 0 Å². The highest BCUT2D eigenvalue weighted by Gasteiger charge is 2.25. The zero-order valence-electron chi connectivity index (χ0n) is 9.30. The molecule has 14 heavy (non-hydrogen) atoms. The molecule has 78 valence electrons. The molecule has 1 N–H and O–H groups in total. The average molecular weight is 193 g/mol. The number of rotatable bonds is 0. The Morgan fingerprint density at radius 2 is 2.21 bits per heavy atom. The van der Waals surface area contributed by atoms with Gasteiger partial charge in [-0.25, -0.2) is 4.99 Å². The van der Waals surface area contributed by atoms with Gasteiger partial charge in [0.05, 0.1) is 6.54 Å². The van der Waals surface area contributed by atoms with E-state index in [-0.39, 0.29) is 5.41 Å². The second kappa shape index (κ2) is 3.39. The van der Waals surface area contributed by atoms with Gasteiger partial charge in [-0.1, -0.05) is 20.8 Å². The van der Waals surface area contributed by atoms with Crippen molar-refractivity contribution in [3.8, 4) is 0 Å². The van der Waals surface area contributed by atoms with Crippen LogP contribution in [0.1, 0.15) is 20.8 Å². The minimum atomic E-state index is 0.250. The minimum Gasteiger partial charge on any atom is -0.354 e. The maximum atomic E-state index is 4.52. The van der Waals surface area contributed by atoms with Crippen molar-refractivity contribution in [2.24, 2.45) is 10.4 Å². The van der Waals surface area contributed by atoms with Crippen LogP contribution in [0.3, 0.4) is 0 Å². The molecule has 1 saturated heterocycles. The van der Waals surface area contributed by atoms with Gasteiger partial charge in [0.15, 0.2) is 0 Å². The topological polar surface area (TPSA) is 27.6 Å². The van der Waals surface area contributed by atoms with Gasteiger partial charge in [0.1, 0.15) is 5.84 Å². The molecule has 2 heterocycles. The summed E-state index contributed by atoms with van der Waals surface area (Å²) in [6, 6.07) is 0. The van der Waals surface area contributed by atoms with Crippen LogP contribution in [0.2, 0.25) is 0 Å². The molecule has 0 amide bonds. The van der Waals surface area contributed by atoms with Crippen molar-refractivity contribution in [2.75, 3.05) is 26.2 Å². The fourth-order valence-corrected chi connectivity index (χ4v) is 1.78. The van der Waals surface area contributed by atoms with Crippen molar-refractivity contribution in [1.82, 2.24) is 10.2 Å². The Balaban J connectivity index is 2.18. The first kappa shape index (κ1) is 9.71. The SMILES string of the molecule is CC(C)(C)C1=CN=C2CNCCN2C1. The Kier molecular flexibility index (Phi) is 2.35. The lowest BCUT2D eigenvalue weighted by molar-refractivity contribution is 0.360.